The van der Waals surface area contributed by atoms with E-state index in [9.17, 15) is 9.18 Å². The Labute approximate surface area is 110 Å². The van der Waals surface area contributed by atoms with Crippen LogP contribution in [0.15, 0.2) is 24.3 Å². The lowest BCUT2D eigenvalue weighted by molar-refractivity contribution is -0.133. The van der Waals surface area contributed by atoms with Gasteiger partial charge in [0, 0.05) is 13.1 Å². The minimum atomic E-state index is -0.752. The molecule has 6 heteroatoms. The molecule has 1 aliphatic rings. The second-order valence-electron chi connectivity index (χ2n) is 4.59. The quantitative estimate of drug-likeness (QED) is 0.812. The number of halogens is 1. The molecule has 0 aromatic heterocycles. The molecule has 1 heterocycles. The molecule has 0 saturated carbocycles. The summed E-state index contributed by atoms with van der Waals surface area (Å²) in [5.41, 5.74) is 4.49. The summed E-state index contributed by atoms with van der Waals surface area (Å²) >= 11 is 0. The van der Waals surface area contributed by atoms with Crippen LogP contribution in [0.25, 0.3) is 0 Å². The number of nitrogens with two attached hydrogens (primary N) is 1. The van der Waals surface area contributed by atoms with Crippen molar-refractivity contribution in [2.45, 2.75) is 12.0 Å². The zero-order chi connectivity index (χ0) is 13.7. The largest absolute Gasteiger partial charge is 0.491 e. The average Bonchev–Trinajstić information content (AvgIpc) is 2.38. The second-order valence-corrected chi connectivity index (χ2v) is 4.59. The van der Waals surface area contributed by atoms with Crippen LogP contribution >= 0.6 is 0 Å². The third-order valence-corrected chi connectivity index (χ3v) is 2.95. The molecule has 104 valence electrons. The highest BCUT2D eigenvalue weighted by Crippen LogP contribution is 2.21. The number of morpholine rings is 1. The number of hydrogen-bond acceptors (Lipinski definition) is 4. The van der Waals surface area contributed by atoms with E-state index >= 15 is 0 Å². The van der Waals surface area contributed by atoms with Crippen molar-refractivity contribution < 1.29 is 18.7 Å². The van der Waals surface area contributed by atoms with Gasteiger partial charge in [0.1, 0.15) is 23.8 Å². The minimum Gasteiger partial charge on any atom is -0.491 e. The van der Waals surface area contributed by atoms with E-state index in [1.165, 1.54) is 24.3 Å². The monoisotopic (exact) mass is 268 g/mol. The first-order valence-electron chi connectivity index (χ1n) is 6.11. The topological polar surface area (TPSA) is 73.6 Å². The molecule has 1 aromatic rings. The second kappa shape index (κ2) is 5.99. The first-order chi connectivity index (χ1) is 9.10. The summed E-state index contributed by atoms with van der Waals surface area (Å²) < 4.78 is 24.0. The summed E-state index contributed by atoms with van der Waals surface area (Å²) in [6, 6.07) is 5.69. The van der Waals surface area contributed by atoms with Crippen molar-refractivity contribution in [3.05, 3.63) is 30.1 Å². The van der Waals surface area contributed by atoms with Gasteiger partial charge < -0.3 is 20.5 Å². The van der Waals surface area contributed by atoms with Gasteiger partial charge in [-0.3, -0.25) is 4.79 Å². The fourth-order valence-electron chi connectivity index (χ4n) is 2.03. The Bertz CT molecular complexity index is 430. The molecule has 5 nitrogen and oxygen atoms in total. The molecule has 0 bridgehead atoms. The van der Waals surface area contributed by atoms with Crippen LogP contribution in [0.4, 0.5) is 4.39 Å². The molecule has 0 spiro atoms. The molecular formula is C13H17FN2O3. The van der Waals surface area contributed by atoms with Gasteiger partial charge in [-0.15, -0.1) is 0 Å². The van der Waals surface area contributed by atoms with E-state index in [0.29, 0.717) is 18.9 Å². The molecule has 19 heavy (non-hydrogen) atoms. The number of primary amides is 1. The van der Waals surface area contributed by atoms with Crippen LogP contribution in [0.2, 0.25) is 0 Å². The highest BCUT2D eigenvalue weighted by atomic mass is 19.1. The number of carbonyl (C=O) groups excluding carboxylic acids is 1. The van der Waals surface area contributed by atoms with Crippen molar-refractivity contribution in [1.82, 2.24) is 5.32 Å². The number of carbonyl (C=O) groups is 1. The van der Waals surface area contributed by atoms with Crippen LogP contribution in [0.5, 0.6) is 5.75 Å². The summed E-state index contributed by atoms with van der Waals surface area (Å²) in [4.78, 5) is 11.1. The van der Waals surface area contributed by atoms with E-state index in [-0.39, 0.29) is 18.8 Å². The van der Waals surface area contributed by atoms with Gasteiger partial charge >= 0.3 is 0 Å². The van der Waals surface area contributed by atoms with Crippen LogP contribution < -0.4 is 15.8 Å². The Balaban J connectivity index is 1.99. The molecular weight excluding hydrogens is 251 g/mol. The first-order valence-corrected chi connectivity index (χ1v) is 6.11. The number of rotatable bonds is 5. The van der Waals surface area contributed by atoms with Crippen LogP contribution in [-0.4, -0.2) is 37.8 Å². The molecule has 1 saturated heterocycles. The summed E-state index contributed by atoms with van der Waals surface area (Å²) in [5.74, 6) is -0.236. The van der Waals surface area contributed by atoms with E-state index < -0.39 is 11.5 Å². The highest BCUT2D eigenvalue weighted by Gasteiger charge is 2.36. The van der Waals surface area contributed by atoms with E-state index in [2.05, 4.69) is 5.32 Å². The van der Waals surface area contributed by atoms with Crippen molar-refractivity contribution in [3.8, 4) is 5.75 Å². The van der Waals surface area contributed by atoms with Gasteiger partial charge in [0.15, 0.2) is 0 Å². The van der Waals surface area contributed by atoms with Crippen molar-refractivity contribution in [2.24, 2.45) is 5.73 Å². The summed E-state index contributed by atoms with van der Waals surface area (Å²) in [7, 11) is 0. The number of benzene rings is 1. The van der Waals surface area contributed by atoms with Gasteiger partial charge in [-0.1, -0.05) is 0 Å². The zero-order valence-corrected chi connectivity index (χ0v) is 10.5. The van der Waals surface area contributed by atoms with E-state index in [1.807, 2.05) is 0 Å². The van der Waals surface area contributed by atoms with Gasteiger partial charge in [-0.05, 0) is 24.3 Å². The van der Waals surface area contributed by atoms with Crippen LogP contribution in [0, 0.1) is 5.82 Å². The van der Waals surface area contributed by atoms with Crippen LogP contribution in [0.3, 0.4) is 0 Å². The summed E-state index contributed by atoms with van der Waals surface area (Å²) in [6.45, 7) is 1.92. The molecule has 1 aromatic carbocycles. The van der Waals surface area contributed by atoms with Gasteiger partial charge in [-0.2, -0.15) is 0 Å². The third kappa shape index (κ3) is 3.90. The summed E-state index contributed by atoms with van der Waals surface area (Å²) in [5, 5.41) is 3.15. The lowest BCUT2D eigenvalue weighted by Crippen LogP contribution is -2.55. The fraction of sp³-hybridized carbons (Fsp3) is 0.462. The average molecular weight is 268 g/mol. The van der Waals surface area contributed by atoms with Crippen LogP contribution in [-0.2, 0) is 9.53 Å². The Morgan fingerprint density at radius 2 is 2.21 bits per heavy atom. The Hall–Kier alpha value is -1.66. The molecule has 1 atom stereocenters. The highest BCUT2D eigenvalue weighted by molar-refractivity contribution is 5.75. The molecule has 1 unspecified atom stereocenters. The minimum absolute atomic E-state index is 0.0845. The number of ether oxygens (including phenoxy) is 2. The van der Waals surface area contributed by atoms with Crippen molar-refractivity contribution in [2.75, 3.05) is 26.3 Å². The number of amides is 1. The standard InChI is InChI=1S/C13H17FN2O3/c14-10-1-3-11(4-2-10)18-9-13(7-12(15)17)8-16-5-6-19-13/h1-4,16H,5-9H2,(H2,15,17). The lowest BCUT2D eigenvalue weighted by Gasteiger charge is -2.36. The number of hydrogen-bond donors (Lipinski definition) is 2. The molecule has 2 rings (SSSR count). The normalized spacial score (nSPS) is 23.0. The SMILES string of the molecule is NC(=O)CC1(COc2ccc(F)cc2)CNCCO1. The summed E-state index contributed by atoms with van der Waals surface area (Å²) in [6.07, 6.45) is 0.0845. The fourth-order valence-corrected chi connectivity index (χ4v) is 2.03. The molecule has 1 amide bonds. The first kappa shape index (κ1) is 13.8. The number of nitrogens with one attached hydrogen (secondary N) is 1. The molecule has 0 aliphatic carbocycles. The van der Waals surface area contributed by atoms with Gasteiger partial charge in [0.2, 0.25) is 5.91 Å². The van der Waals surface area contributed by atoms with E-state index in [4.69, 9.17) is 15.2 Å². The van der Waals surface area contributed by atoms with Crippen LogP contribution in [0.1, 0.15) is 6.42 Å². The molecule has 0 radical (unpaired) electrons. The van der Waals surface area contributed by atoms with Gasteiger partial charge in [-0.25, -0.2) is 4.39 Å². The smallest absolute Gasteiger partial charge is 0.220 e. The van der Waals surface area contributed by atoms with Gasteiger partial charge in [0.25, 0.3) is 0 Å². The predicted octanol–water partition coefficient (Wildman–Crippen LogP) is 0.438. The maximum atomic E-state index is 12.8. The van der Waals surface area contributed by atoms with E-state index in [0.717, 1.165) is 6.54 Å². The Morgan fingerprint density at radius 3 is 2.79 bits per heavy atom. The molecule has 1 aliphatic heterocycles. The van der Waals surface area contributed by atoms with Crippen molar-refractivity contribution in [1.29, 1.82) is 0 Å². The molecule has 3 N–H and O–H groups in total. The van der Waals surface area contributed by atoms with Crippen molar-refractivity contribution in [3.63, 3.8) is 0 Å². The molecule has 1 fully saturated rings. The Kier molecular flexibility index (Phi) is 4.34. The predicted molar refractivity (Wildman–Crippen MR) is 67.3 cm³/mol. The maximum Gasteiger partial charge on any atom is 0.220 e. The lowest BCUT2D eigenvalue weighted by atomic mass is 9.98. The maximum absolute atomic E-state index is 12.8. The van der Waals surface area contributed by atoms with Gasteiger partial charge in [0.05, 0.1) is 13.0 Å². The third-order valence-electron chi connectivity index (χ3n) is 2.95. The van der Waals surface area contributed by atoms with Crippen molar-refractivity contribution >= 4 is 5.91 Å². The zero-order valence-electron chi connectivity index (χ0n) is 10.5. The van der Waals surface area contributed by atoms with E-state index in [1.54, 1.807) is 0 Å². The Morgan fingerprint density at radius 1 is 1.47 bits per heavy atom.